The molecule has 0 aliphatic rings. The van der Waals surface area contributed by atoms with Crippen molar-refractivity contribution in [3.8, 4) is 5.75 Å². The van der Waals surface area contributed by atoms with Gasteiger partial charge in [0.25, 0.3) is 0 Å². The number of ether oxygens (including phenoxy) is 2. The zero-order valence-corrected chi connectivity index (χ0v) is 14.4. The normalized spacial score (nSPS) is 10.6. The average Bonchev–Trinajstić information content (AvgIpc) is 2.57. The number of Topliss-reactive ketones (excluding diaryl/α,β-unsaturated/α-hetero) is 1. The van der Waals surface area contributed by atoms with Gasteiger partial charge in [0, 0.05) is 16.1 Å². The first-order valence-electron chi connectivity index (χ1n) is 6.97. The standard InChI is InChI=1S/C18H14BrFO4/c1-23-17-7-6-13(10-15(17)20)16(21)11-24-18(22)8-5-12-3-2-4-14(19)9-12/h2-10H,11H2,1H3/b8-5+. The van der Waals surface area contributed by atoms with E-state index in [1.165, 1.54) is 25.3 Å². The van der Waals surface area contributed by atoms with Crippen molar-refractivity contribution in [1.29, 1.82) is 0 Å². The van der Waals surface area contributed by atoms with Crippen LogP contribution in [0, 0.1) is 5.82 Å². The zero-order chi connectivity index (χ0) is 17.5. The van der Waals surface area contributed by atoms with Gasteiger partial charge in [-0.25, -0.2) is 9.18 Å². The number of hydrogen-bond donors (Lipinski definition) is 0. The van der Waals surface area contributed by atoms with Gasteiger partial charge in [0.2, 0.25) is 0 Å². The van der Waals surface area contributed by atoms with E-state index in [9.17, 15) is 14.0 Å². The molecule has 0 amide bonds. The van der Waals surface area contributed by atoms with Crippen LogP contribution in [0.4, 0.5) is 4.39 Å². The molecule has 0 unspecified atom stereocenters. The molecule has 0 saturated heterocycles. The summed E-state index contributed by atoms with van der Waals surface area (Å²) >= 11 is 3.33. The average molecular weight is 393 g/mol. The minimum absolute atomic E-state index is 0.0421. The first kappa shape index (κ1) is 17.9. The summed E-state index contributed by atoms with van der Waals surface area (Å²) in [4.78, 5) is 23.5. The van der Waals surface area contributed by atoms with Crippen molar-refractivity contribution in [3.05, 3.63) is 70.0 Å². The second-order valence-corrected chi connectivity index (χ2v) is 5.68. The number of carbonyl (C=O) groups is 2. The predicted molar refractivity (Wildman–Crippen MR) is 91.4 cm³/mol. The number of carbonyl (C=O) groups excluding carboxylic acids is 2. The van der Waals surface area contributed by atoms with Crippen molar-refractivity contribution in [2.45, 2.75) is 0 Å². The summed E-state index contributed by atoms with van der Waals surface area (Å²) in [6.07, 6.45) is 2.80. The van der Waals surface area contributed by atoms with Crippen LogP contribution in [-0.4, -0.2) is 25.5 Å². The van der Waals surface area contributed by atoms with Crippen LogP contribution >= 0.6 is 15.9 Å². The van der Waals surface area contributed by atoms with Crippen molar-refractivity contribution in [3.63, 3.8) is 0 Å². The van der Waals surface area contributed by atoms with Gasteiger partial charge >= 0.3 is 5.97 Å². The number of esters is 1. The zero-order valence-electron chi connectivity index (χ0n) is 12.8. The maximum atomic E-state index is 13.6. The molecule has 6 heteroatoms. The maximum Gasteiger partial charge on any atom is 0.331 e. The van der Waals surface area contributed by atoms with Crippen molar-refractivity contribution in [1.82, 2.24) is 0 Å². The summed E-state index contributed by atoms with van der Waals surface area (Å²) in [5, 5.41) is 0. The van der Waals surface area contributed by atoms with Gasteiger partial charge in [0.1, 0.15) is 0 Å². The molecule has 0 aliphatic heterocycles. The molecule has 2 aromatic rings. The molecule has 0 aromatic heterocycles. The Labute approximate surface area is 147 Å². The molecular formula is C18H14BrFO4. The molecule has 0 heterocycles. The Morgan fingerprint density at radius 3 is 2.67 bits per heavy atom. The third-order valence-electron chi connectivity index (χ3n) is 3.08. The molecule has 0 bridgehead atoms. The van der Waals surface area contributed by atoms with E-state index in [-0.39, 0.29) is 11.3 Å². The molecule has 4 nitrogen and oxygen atoms in total. The van der Waals surface area contributed by atoms with Gasteiger partial charge in [0.05, 0.1) is 7.11 Å². The summed E-state index contributed by atoms with van der Waals surface area (Å²) < 4.78 is 24.1. The highest BCUT2D eigenvalue weighted by atomic mass is 79.9. The van der Waals surface area contributed by atoms with Crippen LogP contribution in [0.2, 0.25) is 0 Å². The molecule has 0 spiro atoms. The van der Waals surface area contributed by atoms with Crippen LogP contribution in [0.3, 0.4) is 0 Å². The van der Waals surface area contributed by atoms with E-state index in [4.69, 9.17) is 9.47 Å². The second kappa shape index (κ2) is 8.40. The van der Waals surface area contributed by atoms with Gasteiger partial charge in [0.15, 0.2) is 24.0 Å². The quantitative estimate of drug-likeness (QED) is 0.423. The van der Waals surface area contributed by atoms with Crippen molar-refractivity contribution >= 4 is 33.8 Å². The van der Waals surface area contributed by atoms with Gasteiger partial charge in [-0.1, -0.05) is 28.1 Å². The number of rotatable bonds is 6. The van der Waals surface area contributed by atoms with Crippen LogP contribution in [0.25, 0.3) is 6.08 Å². The van der Waals surface area contributed by atoms with E-state index in [0.717, 1.165) is 16.1 Å². The molecule has 2 aromatic carbocycles. The monoisotopic (exact) mass is 392 g/mol. The Hall–Kier alpha value is -2.47. The third kappa shape index (κ3) is 5.03. The van der Waals surface area contributed by atoms with Crippen molar-refractivity contribution in [2.24, 2.45) is 0 Å². The summed E-state index contributed by atoms with van der Waals surface area (Å²) in [6.45, 7) is -0.465. The molecule has 0 radical (unpaired) electrons. The second-order valence-electron chi connectivity index (χ2n) is 4.77. The SMILES string of the molecule is COc1ccc(C(=O)COC(=O)/C=C/c2cccc(Br)c2)cc1F. The minimum atomic E-state index is -0.655. The fraction of sp³-hybridized carbons (Fsp3) is 0.111. The van der Waals surface area contributed by atoms with E-state index in [2.05, 4.69) is 15.9 Å². The summed E-state index contributed by atoms with van der Waals surface area (Å²) in [6, 6.07) is 11.1. The minimum Gasteiger partial charge on any atom is -0.494 e. The number of benzene rings is 2. The predicted octanol–water partition coefficient (Wildman–Crippen LogP) is 4.04. The van der Waals surface area contributed by atoms with E-state index in [1.54, 1.807) is 6.08 Å². The third-order valence-corrected chi connectivity index (χ3v) is 3.57. The molecule has 0 aliphatic carbocycles. The highest BCUT2D eigenvalue weighted by Crippen LogP contribution is 2.18. The van der Waals surface area contributed by atoms with Crippen LogP contribution < -0.4 is 4.74 Å². The van der Waals surface area contributed by atoms with Gasteiger partial charge < -0.3 is 9.47 Å². The lowest BCUT2D eigenvalue weighted by molar-refractivity contribution is -0.136. The highest BCUT2D eigenvalue weighted by Gasteiger charge is 2.11. The van der Waals surface area contributed by atoms with Crippen LogP contribution in [0.5, 0.6) is 5.75 Å². The van der Waals surface area contributed by atoms with Crippen LogP contribution in [-0.2, 0) is 9.53 Å². The highest BCUT2D eigenvalue weighted by molar-refractivity contribution is 9.10. The van der Waals surface area contributed by atoms with Crippen LogP contribution in [0.15, 0.2) is 53.0 Å². The van der Waals surface area contributed by atoms with E-state index in [0.29, 0.717) is 0 Å². The Bertz CT molecular complexity index is 786. The maximum absolute atomic E-state index is 13.6. The van der Waals surface area contributed by atoms with Crippen molar-refractivity contribution < 1.29 is 23.5 Å². The van der Waals surface area contributed by atoms with E-state index >= 15 is 0 Å². The fourth-order valence-corrected chi connectivity index (χ4v) is 2.30. The Morgan fingerprint density at radius 1 is 1.21 bits per heavy atom. The van der Waals surface area contributed by atoms with Crippen molar-refractivity contribution in [2.75, 3.05) is 13.7 Å². The molecule has 0 fully saturated rings. The molecule has 2 rings (SSSR count). The number of hydrogen-bond acceptors (Lipinski definition) is 4. The van der Waals surface area contributed by atoms with Gasteiger partial charge in [-0.2, -0.15) is 0 Å². The van der Waals surface area contributed by atoms with Gasteiger partial charge in [-0.05, 0) is 42.0 Å². The van der Waals surface area contributed by atoms with E-state index < -0.39 is 24.2 Å². The van der Waals surface area contributed by atoms with Gasteiger partial charge in [-0.3, -0.25) is 4.79 Å². The lowest BCUT2D eigenvalue weighted by Gasteiger charge is -2.05. The number of ketones is 1. The lowest BCUT2D eigenvalue weighted by atomic mass is 10.1. The molecule has 124 valence electrons. The van der Waals surface area contributed by atoms with E-state index in [1.807, 2.05) is 24.3 Å². The first-order chi connectivity index (χ1) is 11.5. The molecular weight excluding hydrogens is 379 g/mol. The summed E-state index contributed by atoms with van der Waals surface area (Å²) in [5.41, 5.74) is 0.918. The Morgan fingerprint density at radius 2 is 2.00 bits per heavy atom. The molecule has 24 heavy (non-hydrogen) atoms. The summed E-state index contributed by atoms with van der Waals surface area (Å²) in [5.74, 6) is -1.76. The molecule has 0 N–H and O–H groups in total. The molecule has 0 saturated carbocycles. The fourth-order valence-electron chi connectivity index (χ4n) is 1.88. The first-order valence-corrected chi connectivity index (χ1v) is 7.76. The summed E-state index contributed by atoms with van der Waals surface area (Å²) in [7, 11) is 1.33. The Kier molecular flexibility index (Phi) is 6.26. The molecule has 0 atom stereocenters. The lowest BCUT2D eigenvalue weighted by Crippen LogP contribution is -2.12. The smallest absolute Gasteiger partial charge is 0.331 e. The largest absolute Gasteiger partial charge is 0.494 e. The van der Waals surface area contributed by atoms with Crippen LogP contribution in [0.1, 0.15) is 15.9 Å². The number of halogens is 2. The number of methoxy groups -OCH3 is 1. The topological polar surface area (TPSA) is 52.6 Å². The van der Waals surface area contributed by atoms with Gasteiger partial charge in [-0.15, -0.1) is 0 Å². The Balaban J connectivity index is 1.91.